The van der Waals surface area contributed by atoms with E-state index >= 15 is 0 Å². The van der Waals surface area contributed by atoms with Gasteiger partial charge in [-0.15, -0.1) is 11.6 Å². The number of hydrogen-bond donors (Lipinski definition) is 0. The molecule has 1 aromatic rings. The third-order valence-electron chi connectivity index (χ3n) is 1.58. The van der Waals surface area contributed by atoms with Gasteiger partial charge in [-0.05, 0) is 18.0 Å². The number of aromatic nitrogens is 2. The van der Waals surface area contributed by atoms with Gasteiger partial charge in [-0.25, -0.2) is 4.98 Å². The summed E-state index contributed by atoms with van der Waals surface area (Å²) >= 11 is 8.83. The summed E-state index contributed by atoms with van der Waals surface area (Å²) in [5.41, 5.74) is 0.0573. The minimum atomic E-state index is 0.0573. The highest BCUT2D eigenvalue weighted by Gasteiger charge is 2.19. The number of hydrogen-bond acceptors (Lipinski definition) is 4. The molecule has 0 aromatic carbocycles. The van der Waals surface area contributed by atoms with Gasteiger partial charge in [0.2, 0.25) is 0 Å². The zero-order valence-electron chi connectivity index (χ0n) is 8.71. The predicted octanol–water partition coefficient (Wildman–Crippen LogP) is 3.56. The van der Waals surface area contributed by atoms with E-state index in [0.717, 1.165) is 28.2 Å². The Labute approximate surface area is 98.6 Å². The molecule has 0 fully saturated rings. The number of alkyl halides is 1. The first-order chi connectivity index (χ1) is 6.54. The van der Waals surface area contributed by atoms with Crippen molar-refractivity contribution in [3.05, 3.63) is 5.82 Å². The molecule has 80 valence electrons. The molecule has 0 radical (unpaired) electrons. The molecular weight excluding hydrogens is 236 g/mol. The topological polar surface area (TPSA) is 25.8 Å². The van der Waals surface area contributed by atoms with Gasteiger partial charge in [-0.1, -0.05) is 32.5 Å². The van der Waals surface area contributed by atoms with Crippen molar-refractivity contribution in [1.29, 1.82) is 0 Å². The molecule has 0 aliphatic rings. The van der Waals surface area contributed by atoms with E-state index in [1.165, 1.54) is 11.5 Å². The fourth-order valence-corrected chi connectivity index (χ4v) is 2.87. The maximum atomic E-state index is 5.60. The molecule has 1 aromatic heterocycles. The average Bonchev–Trinajstić information content (AvgIpc) is 2.52. The van der Waals surface area contributed by atoms with Crippen molar-refractivity contribution in [2.24, 2.45) is 0 Å². The quantitative estimate of drug-likeness (QED) is 0.464. The van der Waals surface area contributed by atoms with Gasteiger partial charge in [0.1, 0.15) is 5.82 Å². The zero-order chi connectivity index (χ0) is 10.6. The molecule has 1 heterocycles. The van der Waals surface area contributed by atoms with Crippen molar-refractivity contribution in [2.45, 2.75) is 36.9 Å². The third-order valence-corrected chi connectivity index (χ3v) is 3.77. The van der Waals surface area contributed by atoms with E-state index in [4.69, 9.17) is 11.6 Å². The molecule has 0 N–H and O–H groups in total. The minimum absolute atomic E-state index is 0.0573. The van der Waals surface area contributed by atoms with Crippen LogP contribution in [0.3, 0.4) is 0 Å². The van der Waals surface area contributed by atoms with Crippen LogP contribution in [0.5, 0.6) is 0 Å². The lowest BCUT2D eigenvalue weighted by atomic mass is 9.96. The molecule has 2 nitrogen and oxygen atoms in total. The Morgan fingerprint density at radius 2 is 2.14 bits per heavy atom. The molecule has 0 aliphatic heterocycles. The Morgan fingerprint density at radius 3 is 2.64 bits per heavy atom. The summed E-state index contributed by atoms with van der Waals surface area (Å²) < 4.78 is 5.40. The normalized spacial score (nSPS) is 12.0. The molecule has 0 saturated carbocycles. The molecule has 0 atom stereocenters. The second kappa shape index (κ2) is 5.33. The van der Waals surface area contributed by atoms with Crippen LogP contribution in [0.1, 0.15) is 33.0 Å². The van der Waals surface area contributed by atoms with Gasteiger partial charge in [0.15, 0.2) is 4.34 Å². The molecule has 0 saturated heterocycles. The highest BCUT2D eigenvalue weighted by molar-refractivity contribution is 8.00. The van der Waals surface area contributed by atoms with E-state index < -0.39 is 0 Å². The average molecular weight is 251 g/mol. The van der Waals surface area contributed by atoms with Crippen LogP contribution in [0.15, 0.2) is 4.34 Å². The molecule has 5 heteroatoms. The Bertz CT molecular complexity index is 281. The van der Waals surface area contributed by atoms with E-state index in [2.05, 4.69) is 30.1 Å². The monoisotopic (exact) mass is 250 g/mol. The summed E-state index contributed by atoms with van der Waals surface area (Å²) in [7, 11) is 0. The summed E-state index contributed by atoms with van der Waals surface area (Å²) in [6.07, 6.45) is 1.02. The Kier molecular flexibility index (Phi) is 4.67. The minimum Gasteiger partial charge on any atom is -0.212 e. The van der Waals surface area contributed by atoms with Crippen LogP contribution in [0, 0.1) is 0 Å². The zero-order valence-corrected chi connectivity index (χ0v) is 11.1. The van der Waals surface area contributed by atoms with Crippen molar-refractivity contribution >= 4 is 34.9 Å². The van der Waals surface area contributed by atoms with Gasteiger partial charge in [-0.2, -0.15) is 4.37 Å². The second-order valence-corrected chi connectivity index (χ2v) is 6.50. The van der Waals surface area contributed by atoms with Crippen molar-refractivity contribution in [3.8, 4) is 0 Å². The summed E-state index contributed by atoms with van der Waals surface area (Å²) in [6.45, 7) is 6.38. The molecule has 1 rings (SSSR count). The van der Waals surface area contributed by atoms with E-state index in [-0.39, 0.29) is 5.41 Å². The summed E-state index contributed by atoms with van der Waals surface area (Å²) in [5, 5.41) is 0. The van der Waals surface area contributed by atoms with Crippen LogP contribution < -0.4 is 0 Å². The highest BCUT2D eigenvalue weighted by Crippen LogP contribution is 2.26. The first kappa shape index (κ1) is 12.3. The number of halogens is 1. The third kappa shape index (κ3) is 3.75. The van der Waals surface area contributed by atoms with E-state index in [0.29, 0.717) is 0 Å². The van der Waals surface area contributed by atoms with Gasteiger partial charge < -0.3 is 0 Å². The van der Waals surface area contributed by atoms with Gasteiger partial charge >= 0.3 is 0 Å². The largest absolute Gasteiger partial charge is 0.212 e. The van der Waals surface area contributed by atoms with Crippen LogP contribution in [0.2, 0.25) is 0 Å². The first-order valence-corrected chi connectivity index (χ1v) is 6.86. The Hall–Kier alpha value is 0.200. The van der Waals surface area contributed by atoms with Gasteiger partial charge in [0.05, 0.1) is 0 Å². The summed E-state index contributed by atoms with van der Waals surface area (Å²) in [4.78, 5) is 4.48. The van der Waals surface area contributed by atoms with Gasteiger partial charge in [-0.3, -0.25) is 0 Å². The smallest absolute Gasteiger partial charge is 0.170 e. The lowest BCUT2D eigenvalue weighted by Gasteiger charge is -2.11. The number of rotatable bonds is 4. The molecule has 0 aliphatic carbocycles. The molecule has 0 unspecified atom stereocenters. The van der Waals surface area contributed by atoms with Crippen LogP contribution in [0.4, 0.5) is 0 Å². The first-order valence-electron chi connectivity index (χ1n) is 4.57. The summed E-state index contributed by atoms with van der Waals surface area (Å²) in [6, 6.07) is 0. The molecule has 14 heavy (non-hydrogen) atoms. The highest BCUT2D eigenvalue weighted by atomic mass is 35.5. The van der Waals surface area contributed by atoms with Crippen molar-refractivity contribution < 1.29 is 0 Å². The lowest BCUT2D eigenvalue weighted by molar-refractivity contribution is 0.551. The van der Waals surface area contributed by atoms with Crippen LogP contribution in [-0.2, 0) is 5.41 Å². The Balaban J connectivity index is 2.51. The van der Waals surface area contributed by atoms with Crippen LogP contribution >= 0.6 is 34.9 Å². The predicted molar refractivity (Wildman–Crippen MR) is 64.7 cm³/mol. The molecular formula is C9H15ClN2S2. The number of nitrogens with zero attached hydrogens (tertiary/aromatic N) is 2. The number of thioether (sulfide) groups is 1. The maximum Gasteiger partial charge on any atom is 0.170 e. The van der Waals surface area contributed by atoms with E-state index in [1.54, 1.807) is 11.8 Å². The summed E-state index contributed by atoms with van der Waals surface area (Å²) in [5.74, 6) is 2.69. The maximum absolute atomic E-state index is 5.60. The van der Waals surface area contributed by atoms with E-state index in [1.807, 2.05) is 0 Å². The van der Waals surface area contributed by atoms with Crippen molar-refractivity contribution in [1.82, 2.24) is 9.36 Å². The van der Waals surface area contributed by atoms with Gasteiger partial charge in [0, 0.05) is 17.0 Å². The molecule has 0 bridgehead atoms. The van der Waals surface area contributed by atoms with E-state index in [9.17, 15) is 0 Å². The van der Waals surface area contributed by atoms with Crippen molar-refractivity contribution in [3.63, 3.8) is 0 Å². The Morgan fingerprint density at radius 1 is 1.43 bits per heavy atom. The fraction of sp³-hybridized carbons (Fsp3) is 0.778. The van der Waals surface area contributed by atoms with Gasteiger partial charge in [0.25, 0.3) is 0 Å². The molecule has 0 amide bonds. The standard InChI is InChI=1S/C9H15ClN2S2/c1-9(2,3)7-11-8(14-12-7)13-6-4-5-10/h4-6H2,1-3H3. The SMILES string of the molecule is CC(C)(C)c1nsc(SCCCCl)n1. The van der Waals surface area contributed by atoms with Crippen LogP contribution in [0.25, 0.3) is 0 Å². The molecule has 0 spiro atoms. The lowest BCUT2D eigenvalue weighted by Crippen LogP contribution is -2.12. The van der Waals surface area contributed by atoms with Crippen LogP contribution in [-0.4, -0.2) is 21.0 Å². The second-order valence-electron chi connectivity index (χ2n) is 4.02. The fourth-order valence-electron chi connectivity index (χ4n) is 0.787. The van der Waals surface area contributed by atoms with Crippen molar-refractivity contribution in [2.75, 3.05) is 11.6 Å².